The Balaban J connectivity index is 1.89. The number of nitrogens with two attached hydrogens (primary N) is 1. The van der Waals surface area contributed by atoms with Crippen LogP contribution in [0.25, 0.3) is 0 Å². The van der Waals surface area contributed by atoms with Gasteiger partial charge in [-0.1, -0.05) is 11.8 Å². The van der Waals surface area contributed by atoms with Crippen LogP contribution in [0.5, 0.6) is 0 Å². The van der Waals surface area contributed by atoms with Gasteiger partial charge in [0.2, 0.25) is 0 Å². The fraction of sp³-hybridized carbons (Fsp3) is 0.636. The number of rotatable bonds is 5. The molecule has 2 rings (SSSR count). The van der Waals surface area contributed by atoms with Gasteiger partial charge in [-0.25, -0.2) is 9.97 Å². The second-order valence-corrected chi connectivity index (χ2v) is 4.83. The van der Waals surface area contributed by atoms with E-state index in [-0.39, 0.29) is 0 Å². The number of ether oxygens (including phenoxy) is 1. The molecule has 5 nitrogen and oxygen atoms in total. The lowest BCUT2D eigenvalue weighted by Crippen LogP contribution is -2.41. The summed E-state index contributed by atoms with van der Waals surface area (Å²) in [7, 11) is 0. The van der Waals surface area contributed by atoms with Crippen molar-refractivity contribution in [1.82, 2.24) is 9.97 Å². The van der Waals surface area contributed by atoms with E-state index in [1.54, 1.807) is 6.07 Å². The summed E-state index contributed by atoms with van der Waals surface area (Å²) in [4.78, 5) is 8.48. The zero-order valence-corrected chi connectivity index (χ0v) is 11.0. The largest absolute Gasteiger partial charge is 0.383 e. The number of aromatic nitrogens is 2. The number of anilines is 2. The molecule has 0 aliphatic heterocycles. The number of nitrogens with one attached hydrogen (secondary N) is 1. The minimum Gasteiger partial charge on any atom is -0.383 e. The zero-order chi connectivity index (χ0) is 12.3. The minimum atomic E-state index is 0.400. The molecule has 0 amide bonds. The lowest BCUT2D eigenvalue weighted by atomic mass is 9.89. The summed E-state index contributed by atoms with van der Waals surface area (Å²) >= 11 is 1.49. The highest BCUT2D eigenvalue weighted by Crippen LogP contribution is 2.27. The van der Waals surface area contributed by atoms with Crippen molar-refractivity contribution < 1.29 is 4.74 Å². The average molecular weight is 254 g/mol. The molecular weight excluding hydrogens is 236 g/mol. The number of thioether (sulfide) groups is 1. The lowest BCUT2D eigenvalue weighted by Gasteiger charge is -2.35. The average Bonchev–Trinajstić information content (AvgIpc) is 2.25. The molecule has 0 unspecified atom stereocenters. The Kier molecular flexibility index (Phi) is 4.06. The van der Waals surface area contributed by atoms with Gasteiger partial charge >= 0.3 is 0 Å². The standard InChI is InChI=1S/C11H18N4OS/c1-3-16-8-4-7(5-8)13-10-6-9(12)14-11(15-10)17-2/h6-8H,3-5H2,1-2H3,(H3,12,13,14,15). The fourth-order valence-corrected chi connectivity index (χ4v) is 2.26. The van der Waals surface area contributed by atoms with Crippen molar-refractivity contribution in [3.05, 3.63) is 6.07 Å². The van der Waals surface area contributed by atoms with Crippen LogP contribution in [-0.4, -0.2) is 35.0 Å². The van der Waals surface area contributed by atoms with Crippen LogP contribution in [0.4, 0.5) is 11.6 Å². The molecule has 1 aliphatic rings. The van der Waals surface area contributed by atoms with E-state index in [2.05, 4.69) is 15.3 Å². The first-order valence-corrected chi connectivity index (χ1v) is 7.00. The summed E-state index contributed by atoms with van der Waals surface area (Å²) in [6.07, 6.45) is 4.41. The van der Waals surface area contributed by atoms with Gasteiger partial charge in [-0.05, 0) is 26.0 Å². The first-order valence-electron chi connectivity index (χ1n) is 5.78. The Hall–Kier alpha value is -1.01. The second kappa shape index (κ2) is 5.55. The van der Waals surface area contributed by atoms with E-state index in [4.69, 9.17) is 10.5 Å². The Bertz CT molecular complexity index is 382. The van der Waals surface area contributed by atoms with Crippen LogP contribution in [-0.2, 0) is 4.74 Å². The monoisotopic (exact) mass is 254 g/mol. The van der Waals surface area contributed by atoms with Crippen LogP contribution in [0.3, 0.4) is 0 Å². The number of nitrogen functional groups attached to an aromatic ring is 1. The van der Waals surface area contributed by atoms with Crippen LogP contribution < -0.4 is 11.1 Å². The van der Waals surface area contributed by atoms with Gasteiger partial charge < -0.3 is 15.8 Å². The smallest absolute Gasteiger partial charge is 0.191 e. The molecule has 0 atom stereocenters. The molecule has 1 aliphatic carbocycles. The lowest BCUT2D eigenvalue weighted by molar-refractivity contribution is 0.00291. The number of nitrogens with zero attached hydrogens (tertiary/aromatic N) is 2. The Morgan fingerprint density at radius 1 is 1.53 bits per heavy atom. The molecule has 94 valence electrons. The fourth-order valence-electron chi connectivity index (χ4n) is 1.87. The number of hydrogen-bond donors (Lipinski definition) is 2. The summed E-state index contributed by atoms with van der Waals surface area (Å²) in [6.45, 7) is 2.81. The van der Waals surface area contributed by atoms with Crippen molar-refractivity contribution in [1.29, 1.82) is 0 Å². The van der Waals surface area contributed by atoms with Crippen molar-refractivity contribution >= 4 is 23.4 Å². The van der Waals surface area contributed by atoms with Gasteiger partial charge in [0, 0.05) is 18.7 Å². The molecule has 0 bridgehead atoms. The molecule has 0 radical (unpaired) electrons. The molecule has 1 aromatic heterocycles. The third kappa shape index (κ3) is 3.23. The van der Waals surface area contributed by atoms with Crippen molar-refractivity contribution in [2.45, 2.75) is 37.1 Å². The maximum Gasteiger partial charge on any atom is 0.191 e. The van der Waals surface area contributed by atoms with E-state index >= 15 is 0 Å². The predicted molar refractivity (Wildman–Crippen MR) is 70.3 cm³/mol. The summed E-state index contributed by atoms with van der Waals surface area (Å²) < 4.78 is 5.51. The molecular formula is C11H18N4OS. The van der Waals surface area contributed by atoms with Gasteiger partial charge in [0.1, 0.15) is 11.6 Å². The third-order valence-corrected chi connectivity index (χ3v) is 3.30. The van der Waals surface area contributed by atoms with Gasteiger partial charge in [0.05, 0.1) is 6.10 Å². The van der Waals surface area contributed by atoms with Gasteiger partial charge in [-0.15, -0.1) is 0 Å². The van der Waals surface area contributed by atoms with E-state index < -0.39 is 0 Å². The Morgan fingerprint density at radius 2 is 2.29 bits per heavy atom. The van der Waals surface area contributed by atoms with Gasteiger partial charge in [-0.3, -0.25) is 0 Å². The maximum absolute atomic E-state index is 5.72. The predicted octanol–water partition coefficient (Wildman–Crippen LogP) is 1.76. The van der Waals surface area contributed by atoms with Crippen molar-refractivity contribution in [3.63, 3.8) is 0 Å². The highest BCUT2D eigenvalue weighted by Gasteiger charge is 2.29. The first-order chi connectivity index (χ1) is 8.21. The molecule has 0 saturated heterocycles. The van der Waals surface area contributed by atoms with Crippen LogP contribution in [0.15, 0.2) is 11.2 Å². The quantitative estimate of drug-likeness (QED) is 0.616. The van der Waals surface area contributed by atoms with E-state index in [1.165, 1.54) is 11.8 Å². The second-order valence-electron chi connectivity index (χ2n) is 4.05. The van der Waals surface area contributed by atoms with Gasteiger partial charge in [0.15, 0.2) is 5.16 Å². The summed E-state index contributed by atoms with van der Waals surface area (Å²) in [5, 5.41) is 4.06. The van der Waals surface area contributed by atoms with E-state index in [9.17, 15) is 0 Å². The third-order valence-electron chi connectivity index (χ3n) is 2.76. The van der Waals surface area contributed by atoms with Gasteiger partial charge in [0.25, 0.3) is 0 Å². The molecule has 1 fully saturated rings. The first kappa shape index (κ1) is 12.4. The SMILES string of the molecule is CCOC1CC(Nc2cc(N)nc(SC)n2)C1. The van der Waals surface area contributed by atoms with Crippen LogP contribution in [0.2, 0.25) is 0 Å². The topological polar surface area (TPSA) is 73.1 Å². The highest BCUT2D eigenvalue weighted by atomic mass is 32.2. The molecule has 17 heavy (non-hydrogen) atoms. The van der Waals surface area contributed by atoms with E-state index in [1.807, 2.05) is 13.2 Å². The van der Waals surface area contributed by atoms with Crippen LogP contribution >= 0.6 is 11.8 Å². The molecule has 3 N–H and O–H groups in total. The molecule has 0 aromatic carbocycles. The van der Waals surface area contributed by atoms with Gasteiger partial charge in [-0.2, -0.15) is 0 Å². The normalized spacial score (nSPS) is 23.2. The van der Waals surface area contributed by atoms with E-state index in [0.717, 1.165) is 25.3 Å². The molecule has 1 heterocycles. The number of hydrogen-bond acceptors (Lipinski definition) is 6. The molecule has 1 saturated carbocycles. The van der Waals surface area contributed by atoms with Crippen molar-refractivity contribution in [3.8, 4) is 0 Å². The van der Waals surface area contributed by atoms with Crippen LogP contribution in [0.1, 0.15) is 19.8 Å². The Labute approximate surface area is 106 Å². The summed E-state index contributed by atoms with van der Waals surface area (Å²) in [6, 6.07) is 2.21. The zero-order valence-electron chi connectivity index (χ0n) is 10.1. The van der Waals surface area contributed by atoms with Crippen molar-refractivity contribution in [2.24, 2.45) is 0 Å². The Morgan fingerprint density at radius 3 is 2.94 bits per heavy atom. The van der Waals surface area contributed by atoms with E-state index in [0.29, 0.717) is 23.1 Å². The highest BCUT2D eigenvalue weighted by molar-refractivity contribution is 7.98. The molecule has 1 aromatic rings. The minimum absolute atomic E-state index is 0.400. The maximum atomic E-state index is 5.72. The molecule has 6 heteroatoms. The summed E-state index contributed by atoms with van der Waals surface area (Å²) in [5.41, 5.74) is 5.72. The molecule has 0 spiro atoms. The summed E-state index contributed by atoms with van der Waals surface area (Å²) in [5.74, 6) is 1.31. The van der Waals surface area contributed by atoms with Crippen molar-refractivity contribution in [2.75, 3.05) is 23.9 Å². The van der Waals surface area contributed by atoms with Crippen LogP contribution in [0, 0.1) is 0 Å².